The Labute approximate surface area is 152 Å². The lowest BCUT2D eigenvalue weighted by atomic mass is 10.0. The maximum Gasteiger partial charge on any atom is 0.416 e. The highest BCUT2D eigenvalue weighted by Gasteiger charge is 2.38. The minimum atomic E-state index is -5.11. The molecule has 0 aromatic heterocycles. The minimum absolute atomic E-state index is 0.0807. The molecule has 3 amide bonds. The van der Waals surface area contributed by atoms with Gasteiger partial charge in [-0.05, 0) is 30.3 Å². The zero-order valence-electron chi connectivity index (χ0n) is 13.5. The van der Waals surface area contributed by atoms with Crippen LogP contribution in [0.5, 0.6) is 0 Å². The SMILES string of the molecule is O=C(Nc1cccc2c1C(=O)NC2=O)c1cc(C(F)(F)F)cc(C(F)(F)F)c1. The molecule has 1 aliphatic heterocycles. The Bertz CT molecular complexity index is 979. The van der Waals surface area contributed by atoms with E-state index >= 15 is 0 Å². The van der Waals surface area contributed by atoms with E-state index < -0.39 is 46.8 Å². The van der Waals surface area contributed by atoms with Gasteiger partial charge in [-0.3, -0.25) is 19.7 Å². The number of fused-ring (bicyclic) bond motifs is 1. The highest BCUT2D eigenvalue weighted by Crippen LogP contribution is 2.36. The fourth-order valence-electron chi connectivity index (χ4n) is 2.60. The molecule has 2 aromatic carbocycles. The predicted octanol–water partition coefficient (Wildman–Crippen LogP) is 3.86. The number of amides is 3. The van der Waals surface area contributed by atoms with Gasteiger partial charge in [-0.15, -0.1) is 0 Å². The summed E-state index contributed by atoms with van der Waals surface area (Å²) < 4.78 is 77.5. The maximum absolute atomic E-state index is 12.9. The van der Waals surface area contributed by atoms with Crippen molar-refractivity contribution in [2.75, 3.05) is 5.32 Å². The summed E-state index contributed by atoms with van der Waals surface area (Å²) >= 11 is 0. The summed E-state index contributed by atoms with van der Waals surface area (Å²) in [5.41, 5.74) is -4.76. The average molecular weight is 402 g/mol. The van der Waals surface area contributed by atoms with Crippen LogP contribution in [0.25, 0.3) is 0 Å². The summed E-state index contributed by atoms with van der Waals surface area (Å²) in [5, 5.41) is 4.05. The largest absolute Gasteiger partial charge is 0.416 e. The van der Waals surface area contributed by atoms with Gasteiger partial charge in [-0.25, -0.2) is 0 Å². The van der Waals surface area contributed by atoms with Gasteiger partial charge in [0.1, 0.15) is 0 Å². The van der Waals surface area contributed by atoms with Crippen molar-refractivity contribution in [1.29, 1.82) is 0 Å². The first-order valence-electron chi connectivity index (χ1n) is 7.47. The molecule has 0 saturated heterocycles. The molecule has 0 spiro atoms. The summed E-state index contributed by atoms with van der Waals surface area (Å²) in [6.07, 6.45) is -10.2. The van der Waals surface area contributed by atoms with E-state index in [9.17, 15) is 40.7 Å². The van der Waals surface area contributed by atoms with Crippen molar-refractivity contribution in [3.05, 3.63) is 64.2 Å². The van der Waals surface area contributed by atoms with Crippen LogP contribution in [-0.4, -0.2) is 17.7 Å². The van der Waals surface area contributed by atoms with E-state index in [0.29, 0.717) is 0 Å². The van der Waals surface area contributed by atoms with Crippen LogP contribution in [0.4, 0.5) is 32.0 Å². The molecule has 11 heteroatoms. The second kappa shape index (κ2) is 6.36. The third-order valence-corrected chi connectivity index (χ3v) is 3.86. The number of rotatable bonds is 2. The monoisotopic (exact) mass is 402 g/mol. The van der Waals surface area contributed by atoms with E-state index in [2.05, 4.69) is 5.32 Å². The molecular weight excluding hydrogens is 394 g/mol. The van der Waals surface area contributed by atoms with Gasteiger partial charge in [0.15, 0.2) is 0 Å². The van der Waals surface area contributed by atoms with Gasteiger partial charge in [0.2, 0.25) is 0 Å². The maximum atomic E-state index is 12.9. The predicted molar refractivity (Wildman–Crippen MR) is 82.6 cm³/mol. The number of carbonyl (C=O) groups excluding carboxylic acids is 3. The molecule has 2 aromatic rings. The molecule has 1 aliphatic rings. The smallest absolute Gasteiger partial charge is 0.321 e. The number of benzene rings is 2. The molecule has 0 unspecified atom stereocenters. The molecule has 0 bridgehead atoms. The Balaban J connectivity index is 2.03. The summed E-state index contributed by atoms with van der Waals surface area (Å²) in [6.45, 7) is 0. The fraction of sp³-hybridized carbons (Fsp3) is 0.118. The van der Waals surface area contributed by atoms with Crippen molar-refractivity contribution in [3.8, 4) is 0 Å². The summed E-state index contributed by atoms with van der Waals surface area (Å²) in [6, 6.07) is 4.17. The van der Waals surface area contributed by atoms with Crippen molar-refractivity contribution < 1.29 is 40.7 Å². The second-order valence-corrected chi connectivity index (χ2v) is 5.76. The van der Waals surface area contributed by atoms with E-state index in [4.69, 9.17) is 0 Å². The molecule has 146 valence electrons. The minimum Gasteiger partial charge on any atom is -0.321 e. The lowest BCUT2D eigenvalue weighted by Gasteiger charge is -2.14. The standard InChI is InChI=1S/C17H8F6N2O3/c18-16(19,20)8-4-7(5-9(6-8)17(21,22)23)13(26)24-11-3-1-2-10-12(11)15(28)25-14(10)27/h1-6H,(H,24,26)(H,25,27,28). The highest BCUT2D eigenvalue weighted by atomic mass is 19.4. The van der Waals surface area contributed by atoms with Gasteiger partial charge < -0.3 is 5.32 Å². The van der Waals surface area contributed by atoms with Crippen LogP contribution >= 0.6 is 0 Å². The van der Waals surface area contributed by atoms with Crippen LogP contribution in [-0.2, 0) is 12.4 Å². The third-order valence-electron chi connectivity index (χ3n) is 3.86. The summed E-state index contributed by atoms with van der Waals surface area (Å²) in [4.78, 5) is 35.7. The number of alkyl halides is 6. The first-order valence-corrected chi connectivity index (χ1v) is 7.47. The molecule has 28 heavy (non-hydrogen) atoms. The van der Waals surface area contributed by atoms with E-state index in [1.54, 1.807) is 0 Å². The Hall–Kier alpha value is -3.37. The third kappa shape index (κ3) is 3.55. The van der Waals surface area contributed by atoms with E-state index in [-0.39, 0.29) is 35.0 Å². The van der Waals surface area contributed by atoms with Gasteiger partial charge >= 0.3 is 12.4 Å². The number of hydrogen-bond donors (Lipinski definition) is 2. The van der Waals surface area contributed by atoms with Crippen molar-refractivity contribution in [2.45, 2.75) is 12.4 Å². The molecule has 5 nitrogen and oxygen atoms in total. The van der Waals surface area contributed by atoms with Gasteiger partial charge in [-0.1, -0.05) is 6.07 Å². The molecule has 0 fully saturated rings. The van der Waals surface area contributed by atoms with Crippen molar-refractivity contribution in [2.24, 2.45) is 0 Å². The van der Waals surface area contributed by atoms with Crippen LogP contribution in [0.3, 0.4) is 0 Å². The van der Waals surface area contributed by atoms with Gasteiger partial charge in [0.05, 0.1) is 27.9 Å². The van der Waals surface area contributed by atoms with Crippen LogP contribution in [0.1, 0.15) is 42.2 Å². The zero-order chi connectivity index (χ0) is 20.9. The summed E-state index contributed by atoms with van der Waals surface area (Å²) in [7, 11) is 0. The Morgan fingerprint density at radius 2 is 1.43 bits per heavy atom. The topological polar surface area (TPSA) is 75.3 Å². The van der Waals surface area contributed by atoms with Gasteiger partial charge in [-0.2, -0.15) is 26.3 Å². The zero-order valence-corrected chi connectivity index (χ0v) is 13.5. The number of halogens is 6. The van der Waals surface area contributed by atoms with Gasteiger partial charge in [0.25, 0.3) is 17.7 Å². The number of nitrogens with one attached hydrogen (secondary N) is 2. The van der Waals surface area contributed by atoms with Crippen LogP contribution in [0.2, 0.25) is 0 Å². The molecule has 0 atom stereocenters. The first kappa shape index (κ1) is 19.4. The van der Waals surface area contributed by atoms with Crippen molar-refractivity contribution >= 4 is 23.4 Å². The number of anilines is 1. The highest BCUT2D eigenvalue weighted by molar-refractivity contribution is 6.25. The molecule has 0 saturated carbocycles. The Morgan fingerprint density at radius 3 is 1.96 bits per heavy atom. The molecular formula is C17H8F6N2O3. The van der Waals surface area contributed by atoms with Crippen LogP contribution in [0, 0.1) is 0 Å². The van der Waals surface area contributed by atoms with Crippen LogP contribution < -0.4 is 10.6 Å². The molecule has 2 N–H and O–H groups in total. The van der Waals surface area contributed by atoms with Crippen LogP contribution in [0.15, 0.2) is 36.4 Å². The van der Waals surface area contributed by atoms with E-state index in [1.807, 2.05) is 5.32 Å². The van der Waals surface area contributed by atoms with E-state index in [0.717, 1.165) is 0 Å². The molecule has 0 radical (unpaired) electrons. The quantitative estimate of drug-likeness (QED) is 0.592. The van der Waals surface area contributed by atoms with Crippen molar-refractivity contribution in [1.82, 2.24) is 5.32 Å². The lowest BCUT2D eigenvalue weighted by Crippen LogP contribution is -2.21. The number of carbonyl (C=O) groups is 3. The van der Waals surface area contributed by atoms with Gasteiger partial charge in [0, 0.05) is 5.56 Å². The van der Waals surface area contributed by atoms with Crippen molar-refractivity contribution in [3.63, 3.8) is 0 Å². The average Bonchev–Trinajstić information content (AvgIpc) is 2.88. The Kier molecular flexibility index (Phi) is 4.40. The summed E-state index contributed by atoms with van der Waals surface area (Å²) in [5.74, 6) is -2.90. The molecule has 0 aliphatic carbocycles. The second-order valence-electron chi connectivity index (χ2n) is 5.76. The number of hydrogen-bond acceptors (Lipinski definition) is 3. The fourth-order valence-corrected chi connectivity index (χ4v) is 2.60. The number of imide groups is 1. The first-order chi connectivity index (χ1) is 12.9. The molecule has 3 rings (SSSR count). The lowest BCUT2D eigenvalue weighted by molar-refractivity contribution is -0.143. The van der Waals surface area contributed by atoms with E-state index in [1.165, 1.54) is 18.2 Å². The Morgan fingerprint density at radius 1 is 0.857 bits per heavy atom. The molecule has 1 heterocycles. The normalized spacial score (nSPS) is 13.9.